The molecule has 0 heterocycles. The van der Waals surface area contributed by atoms with Crippen LogP contribution in [-0.4, -0.2) is 48.2 Å². The van der Waals surface area contributed by atoms with Crippen LogP contribution in [0.25, 0.3) is 0 Å². The van der Waals surface area contributed by atoms with E-state index in [2.05, 4.69) is 29.3 Å². The summed E-state index contributed by atoms with van der Waals surface area (Å²) in [6, 6.07) is 10.7. The summed E-state index contributed by atoms with van der Waals surface area (Å²) in [5, 5.41) is 12.1. The second-order valence-electron chi connectivity index (χ2n) is 5.89. The molecule has 21 heavy (non-hydrogen) atoms. The SMILES string of the molecule is CC(CNC(=O)CN(CCO)C1CCC1)c1ccccc1. The lowest BCUT2D eigenvalue weighted by Crippen LogP contribution is -2.47. The summed E-state index contributed by atoms with van der Waals surface area (Å²) in [5.74, 6) is 0.364. The van der Waals surface area contributed by atoms with Crippen LogP contribution in [0, 0.1) is 0 Å². The Hall–Kier alpha value is -1.39. The van der Waals surface area contributed by atoms with Crippen molar-refractivity contribution >= 4 is 5.91 Å². The molecule has 1 aromatic carbocycles. The van der Waals surface area contributed by atoms with Crippen LogP contribution in [0.1, 0.15) is 37.7 Å². The Kier molecular flexibility index (Phi) is 6.21. The Morgan fingerprint density at radius 3 is 2.67 bits per heavy atom. The molecule has 1 saturated carbocycles. The average Bonchev–Trinajstić information content (AvgIpc) is 2.44. The Bertz CT molecular complexity index is 432. The van der Waals surface area contributed by atoms with E-state index >= 15 is 0 Å². The Morgan fingerprint density at radius 2 is 2.10 bits per heavy atom. The van der Waals surface area contributed by atoms with Gasteiger partial charge >= 0.3 is 0 Å². The van der Waals surface area contributed by atoms with Gasteiger partial charge in [0, 0.05) is 19.1 Å². The molecule has 1 aliphatic rings. The molecule has 0 aliphatic heterocycles. The van der Waals surface area contributed by atoms with E-state index in [-0.39, 0.29) is 12.5 Å². The third-order valence-corrected chi connectivity index (χ3v) is 4.30. The molecule has 0 bridgehead atoms. The van der Waals surface area contributed by atoms with Crippen molar-refractivity contribution in [2.75, 3.05) is 26.2 Å². The Labute approximate surface area is 127 Å². The Morgan fingerprint density at radius 1 is 1.38 bits per heavy atom. The molecule has 0 radical (unpaired) electrons. The van der Waals surface area contributed by atoms with Gasteiger partial charge in [-0.05, 0) is 24.3 Å². The highest BCUT2D eigenvalue weighted by Crippen LogP contribution is 2.24. The molecule has 1 aromatic rings. The molecule has 2 N–H and O–H groups in total. The van der Waals surface area contributed by atoms with Crippen LogP contribution in [-0.2, 0) is 4.79 Å². The minimum atomic E-state index is 0.0538. The zero-order valence-corrected chi connectivity index (χ0v) is 12.8. The van der Waals surface area contributed by atoms with Gasteiger partial charge in [0.15, 0.2) is 0 Å². The van der Waals surface area contributed by atoms with Gasteiger partial charge in [-0.25, -0.2) is 0 Å². The molecule has 1 amide bonds. The summed E-state index contributed by atoms with van der Waals surface area (Å²) >= 11 is 0. The van der Waals surface area contributed by atoms with Gasteiger partial charge in [-0.3, -0.25) is 9.69 Å². The van der Waals surface area contributed by atoms with Crippen LogP contribution in [0.4, 0.5) is 0 Å². The van der Waals surface area contributed by atoms with Crippen LogP contribution < -0.4 is 5.32 Å². The van der Waals surface area contributed by atoms with Gasteiger partial charge in [0.1, 0.15) is 0 Å². The molecular weight excluding hydrogens is 264 g/mol. The molecule has 1 atom stereocenters. The van der Waals surface area contributed by atoms with Gasteiger partial charge in [-0.1, -0.05) is 43.7 Å². The maximum Gasteiger partial charge on any atom is 0.234 e. The van der Waals surface area contributed by atoms with Crippen molar-refractivity contribution in [3.63, 3.8) is 0 Å². The number of nitrogens with zero attached hydrogens (tertiary/aromatic N) is 1. The first-order chi connectivity index (χ1) is 10.2. The third-order valence-electron chi connectivity index (χ3n) is 4.30. The lowest BCUT2D eigenvalue weighted by Gasteiger charge is -2.36. The van der Waals surface area contributed by atoms with Gasteiger partial charge in [-0.2, -0.15) is 0 Å². The van der Waals surface area contributed by atoms with E-state index in [1.54, 1.807) is 0 Å². The number of hydrogen-bond acceptors (Lipinski definition) is 3. The highest BCUT2D eigenvalue weighted by molar-refractivity contribution is 5.78. The van der Waals surface area contributed by atoms with Crippen molar-refractivity contribution in [3.05, 3.63) is 35.9 Å². The lowest BCUT2D eigenvalue weighted by atomic mass is 9.91. The van der Waals surface area contributed by atoms with Crippen LogP contribution in [0.3, 0.4) is 0 Å². The zero-order chi connectivity index (χ0) is 15.1. The summed E-state index contributed by atoms with van der Waals surface area (Å²) in [7, 11) is 0. The predicted octanol–water partition coefficient (Wildman–Crippen LogP) is 1.75. The van der Waals surface area contributed by atoms with Crippen molar-refractivity contribution in [2.24, 2.45) is 0 Å². The number of carbonyl (C=O) groups excluding carboxylic acids is 1. The van der Waals surface area contributed by atoms with E-state index in [0.717, 1.165) is 12.8 Å². The zero-order valence-electron chi connectivity index (χ0n) is 12.8. The summed E-state index contributed by atoms with van der Waals surface area (Å²) in [6.07, 6.45) is 3.53. The Balaban J connectivity index is 1.75. The van der Waals surface area contributed by atoms with Crippen LogP contribution >= 0.6 is 0 Å². The summed E-state index contributed by atoms with van der Waals surface area (Å²) in [6.45, 7) is 3.87. The molecule has 0 spiro atoms. The molecular formula is C17H26N2O2. The maximum atomic E-state index is 12.1. The summed E-state index contributed by atoms with van der Waals surface area (Å²) in [4.78, 5) is 14.2. The normalized spacial score (nSPS) is 16.5. The molecule has 4 nitrogen and oxygen atoms in total. The highest BCUT2D eigenvalue weighted by atomic mass is 16.3. The standard InChI is InChI=1S/C17H26N2O2/c1-14(15-6-3-2-4-7-15)12-18-17(21)13-19(10-11-20)16-8-5-9-16/h2-4,6-7,14,16,20H,5,8-13H2,1H3,(H,18,21). The van der Waals surface area contributed by atoms with Crippen molar-refractivity contribution in [1.82, 2.24) is 10.2 Å². The molecule has 0 saturated heterocycles. The van der Waals surface area contributed by atoms with E-state index in [1.165, 1.54) is 12.0 Å². The molecule has 1 aliphatic carbocycles. The van der Waals surface area contributed by atoms with Gasteiger partial charge in [0.05, 0.1) is 13.2 Å². The number of hydrogen-bond donors (Lipinski definition) is 2. The van der Waals surface area contributed by atoms with Crippen molar-refractivity contribution in [1.29, 1.82) is 0 Å². The first kappa shape index (κ1) is 16.0. The van der Waals surface area contributed by atoms with E-state index in [0.29, 0.717) is 31.6 Å². The lowest BCUT2D eigenvalue weighted by molar-refractivity contribution is -0.123. The van der Waals surface area contributed by atoms with Gasteiger partial charge in [0.2, 0.25) is 5.91 Å². The fourth-order valence-corrected chi connectivity index (χ4v) is 2.68. The maximum absolute atomic E-state index is 12.1. The van der Waals surface area contributed by atoms with Gasteiger partial charge < -0.3 is 10.4 Å². The second-order valence-corrected chi connectivity index (χ2v) is 5.89. The molecule has 1 unspecified atom stereocenters. The van der Waals surface area contributed by atoms with Crippen molar-refractivity contribution in [3.8, 4) is 0 Å². The second kappa shape index (κ2) is 8.15. The van der Waals surface area contributed by atoms with E-state index in [4.69, 9.17) is 5.11 Å². The quantitative estimate of drug-likeness (QED) is 0.767. The number of benzene rings is 1. The number of amides is 1. The largest absolute Gasteiger partial charge is 0.395 e. The smallest absolute Gasteiger partial charge is 0.234 e. The van der Waals surface area contributed by atoms with Crippen molar-refractivity contribution in [2.45, 2.75) is 38.1 Å². The van der Waals surface area contributed by atoms with Gasteiger partial charge in [0.25, 0.3) is 0 Å². The first-order valence-electron chi connectivity index (χ1n) is 7.87. The van der Waals surface area contributed by atoms with Crippen LogP contribution in [0.2, 0.25) is 0 Å². The van der Waals surface area contributed by atoms with E-state index in [1.807, 2.05) is 18.2 Å². The van der Waals surface area contributed by atoms with Crippen LogP contribution in [0.15, 0.2) is 30.3 Å². The molecule has 1 fully saturated rings. The third kappa shape index (κ3) is 4.83. The number of rotatable bonds is 8. The number of carbonyl (C=O) groups is 1. The van der Waals surface area contributed by atoms with E-state index in [9.17, 15) is 4.79 Å². The molecule has 116 valence electrons. The molecule has 0 aromatic heterocycles. The number of aliphatic hydroxyl groups is 1. The van der Waals surface area contributed by atoms with E-state index < -0.39 is 0 Å². The fraction of sp³-hybridized carbons (Fsp3) is 0.588. The summed E-state index contributed by atoms with van der Waals surface area (Å²) < 4.78 is 0. The summed E-state index contributed by atoms with van der Waals surface area (Å²) in [5.41, 5.74) is 1.24. The number of aliphatic hydroxyl groups excluding tert-OH is 1. The monoisotopic (exact) mass is 290 g/mol. The topological polar surface area (TPSA) is 52.6 Å². The molecule has 4 heteroatoms. The predicted molar refractivity (Wildman–Crippen MR) is 84.2 cm³/mol. The highest BCUT2D eigenvalue weighted by Gasteiger charge is 2.25. The number of nitrogens with one attached hydrogen (secondary N) is 1. The fourth-order valence-electron chi connectivity index (χ4n) is 2.68. The molecule has 2 rings (SSSR count). The van der Waals surface area contributed by atoms with Gasteiger partial charge in [-0.15, -0.1) is 0 Å². The minimum Gasteiger partial charge on any atom is -0.395 e. The van der Waals surface area contributed by atoms with Crippen molar-refractivity contribution < 1.29 is 9.90 Å². The minimum absolute atomic E-state index is 0.0538. The van der Waals surface area contributed by atoms with Crippen LogP contribution in [0.5, 0.6) is 0 Å². The average molecular weight is 290 g/mol. The first-order valence-corrected chi connectivity index (χ1v) is 7.87.